The van der Waals surface area contributed by atoms with E-state index in [0.29, 0.717) is 12.8 Å². The molecule has 0 fully saturated rings. The van der Waals surface area contributed by atoms with E-state index in [1.807, 2.05) is 27.7 Å². The number of aliphatic hydroxyl groups is 2. The minimum absolute atomic E-state index is 0.126. The van der Waals surface area contributed by atoms with Crippen molar-refractivity contribution in [1.82, 2.24) is 0 Å². The van der Waals surface area contributed by atoms with Gasteiger partial charge in [0.25, 0.3) is 0 Å². The fourth-order valence-corrected chi connectivity index (χ4v) is 1.59. The molecule has 0 saturated carbocycles. The molecule has 0 amide bonds. The van der Waals surface area contributed by atoms with Crippen LogP contribution in [0, 0.1) is 5.92 Å². The van der Waals surface area contributed by atoms with Gasteiger partial charge in [-0.25, -0.2) is 0 Å². The second-order valence-electron chi connectivity index (χ2n) is 3.90. The van der Waals surface area contributed by atoms with Crippen LogP contribution in [0.4, 0.5) is 0 Å². The van der Waals surface area contributed by atoms with Gasteiger partial charge in [0.1, 0.15) is 0 Å². The van der Waals surface area contributed by atoms with Gasteiger partial charge in [0, 0.05) is 0 Å². The largest absolute Gasteiger partial charge is 0.390 e. The molecule has 2 N–H and O–H groups in total. The Balaban J connectivity index is 4.28. The first kappa shape index (κ1) is 11.9. The van der Waals surface area contributed by atoms with Crippen molar-refractivity contribution in [2.45, 2.75) is 58.7 Å². The van der Waals surface area contributed by atoms with Crippen LogP contribution >= 0.6 is 0 Å². The molecule has 0 aliphatic rings. The maximum atomic E-state index is 10.0. The van der Waals surface area contributed by atoms with Crippen molar-refractivity contribution < 1.29 is 10.2 Å². The Labute approximate surface area is 75.6 Å². The standard InChI is InChI=1S/C10H22O2/c1-5-7-10(12,6-2)9(11)8(3)4/h8-9,11-12H,5-7H2,1-4H3. The molecule has 0 bridgehead atoms. The molecule has 0 saturated heterocycles. The molecule has 2 heteroatoms. The van der Waals surface area contributed by atoms with Gasteiger partial charge in [-0.05, 0) is 18.8 Å². The Morgan fingerprint density at radius 1 is 1.25 bits per heavy atom. The van der Waals surface area contributed by atoms with Gasteiger partial charge < -0.3 is 10.2 Å². The molecule has 0 aliphatic heterocycles. The van der Waals surface area contributed by atoms with Crippen molar-refractivity contribution in [2.75, 3.05) is 0 Å². The number of hydrogen-bond donors (Lipinski definition) is 2. The maximum absolute atomic E-state index is 10.0. The molecule has 0 aromatic rings. The van der Waals surface area contributed by atoms with Crippen LogP contribution in [0.1, 0.15) is 47.0 Å². The second kappa shape index (κ2) is 4.83. The summed E-state index contributed by atoms with van der Waals surface area (Å²) in [7, 11) is 0. The predicted molar refractivity (Wildman–Crippen MR) is 51.0 cm³/mol. The number of rotatable bonds is 5. The summed E-state index contributed by atoms with van der Waals surface area (Å²) in [5.41, 5.74) is -0.872. The molecule has 0 aromatic carbocycles. The van der Waals surface area contributed by atoms with Crippen molar-refractivity contribution in [3.63, 3.8) is 0 Å². The topological polar surface area (TPSA) is 40.5 Å². The van der Waals surface area contributed by atoms with E-state index in [2.05, 4.69) is 0 Å². The first-order chi connectivity index (χ1) is 5.48. The number of aliphatic hydroxyl groups excluding tert-OH is 1. The van der Waals surface area contributed by atoms with Gasteiger partial charge >= 0.3 is 0 Å². The van der Waals surface area contributed by atoms with E-state index in [1.165, 1.54) is 0 Å². The zero-order chi connectivity index (χ0) is 9.78. The van der Waals surface area contributed by atoms with Gasteiger partial charge in [-0.2, -0.15) is 0 Å². The van der Waals surface area contributed by atoms with Gasteiger partial charge in [-0.15, -0.1) is 0 Å². The van der Waals surface area contributed by atoms with E-state index >= 15 is 0 Å². The minimum atomic E-state index is -0.872. The SMILES string of the molecule is CCCC(O)(CC)C(O)C(C)C. The van der Waals surface area contributed by atoms with Gasteiger partial charge in [-0.3, -0.25) is 0 Å². The Morgan fingerprint density at radius 2 is 1.75 bits per heavy atom. The first-order valence-corrected chi connectivity index (χ1v) is 4.88. The molecule has 12 heavy (non-hydrogen) atoms. The summed E-state index contributed by atoms with van der Waals surface area (Å²) < 4.78 is 0. The molecule has 0 radical (unpaired) electrons. The quantitative estimate of drug-likeness (QED) is 0.668. The third-order valence-corrected chi connectivity index (χ3v) is 2.48. The lowest BCUT2D eigenvalue weighted by molar-refractivity contribution is -0.102. The monoisotopic (exact) mass is 174 g/mol. The van der Waals surface area contributed by atoms with Crippen molar-refractivity contribution in [2.24, 2.45) is 5.92 Å². The Kier molecular flexibility index (Phi) is 4.80. The van der Waals surface area contributed by atoms with Crippen molar-refractivity contribution in [3.8, 4) is 0 Å². The summed E-state index contributed by atoms with van der Waals surface area (Å²) in [4.78, 5) is 0. The number of hydrogen-bond acceptors (Lipinski definition) is 2. The molecule has 2 unspecified atom stereocenters. The molecule has 0 spiro atoms. The van der Waals surface area contributed by atoms with Crippen LogP contribution in [-0.2, 0) is 0 Å². The fourth-order valence-electron chi connectivity index (χ4n) is 1.59. The van der Waals surface area contributed by atoms with E-state index in [0.717, 1.165) is 6.42 Å². The van der Waals surface area contributed by atoms with Gasteiger partial charge in [0.05, 0.1) is 11.7 Å². The fraction of sp³-hybridized carbons (Fsp3) is 1.00. The highest BCUT2D eigenvalue weighted by atomic mass is 16.3. The highest BCUT2D eigenvalue weighted by molar-refractivity contribution is 4.86. The van der Waals surface area contributed by atoms with Crippen LogP contribution < -0.4 is 0 Å². The van der Waals surface area contributed by atoms with Crippen LogP contribution in [-0.4, -0.2) is 21.9 Å². The average molecular weight is 174 g/mol. The van der Waals surface area contributed by atoms with Crippen molar-refractivity contribution in [1.29, 1.82) is 0 Å². The summed E-state index contributed by atoms with van der Waals surface area (Å²) in [5.74, 6) is 0.126. The summed E-state index contributed by atoms with van der Waals surface area (Å²) >= 11 is 0. The van der Waals surface area contributed by atoms with Crippen LogP contribution in [0.25, 0.3) is 0 Å². The third kappa shape index (κ3) is 2.76. The van der Waals surface area contributed by atoms with Crippen LogP contribution in [0.5, 0.6) is 0 Å². The van der Waals surface area contributed by atoms with Crippen LogP contribution in [0.15, 0.2) is 0 Å². The zero-order valence-electron chi connectivity index (χ0n) is 8.67. The summed E-state index contributed by atoms with van der Waals surface area (Å²) in [6.07, 6.45) is 1.62. The normalized spacial score (nSPS) is 19.2. The summed E-state index contributed by atoms with van der Waals surface area (Å²) in [5, 5.41) is 19.7. The van der Waals surface area contributed by atoms with E-state index in [-0.39, 0.29) is 5.92 Å². The molecule has 0 heterocycles. The molecule has 2 nitrogen and oxygen atoms in total. The Hall–Kier alpha value is -0.0800. The highest BCUT2D eigenvalue weighted by Gasteiger charge is 2.34. The lowest BCUT2D eigenvalue weighted by Gasteiger charge is -2.34. The maximum Gasteiger partial charge on any atom is 0.0905 e. The lowest BCUT2D eigenvalue weighted by Crippen LogP contribution is -2.44. The minimum Gasteiger partial charge on any atom is -0.390 e. The van der Waals surface area contributed by atoms with Crippen molar-refractivity contribution in [3.05, 3.63) is 0 Å². The van der Waals surface area contributed by atoms with Gasteiger partial charge in [-0.1, -0.05) is 34.1 Å². The van der Waals surface area contributed by atoms with Crippen LogP contribution in [0.3, 0.4) is 0 Å². The molecule has 0 aromatic heterocycles. The van der Waals surface area contributed by atoms with E-state index in [1.54, 1.807) is 0 Å². The zero-order valence-corrected chi connectivity index (χ0v) is 8.67. The smallest absolute Gasteiger partial charge is 0.0905 e. The van der Waals surface area contributed by atoms with Crippen LogP contribution in [0.2, 0.25) is 0 Å². The van der Waals surface area contributed by atoms with Gasteiger partial charge in [0.2, 0.25) is 0 Å². The third-order valence-electron chi connectivity index (χ3n) is 2.48. The van der Waals surface area contributed by atoms with E-state index in [4.69, 9.17) is 0 Å². The molecular formula is C10H22O2. The van der Waals surface area contributed by atoms with E-state index in [9.17, 15) is 10.2 Å². The lowest BCUT2D eigenvalue weighted by atomic mass is 9.83. The van der Waals surface area contributed by atoms with Crippen molar-refractivity contribution >= 4 is 0 Å². The van der Waals surface area contributed by atoms with Gasteiger partial charge in [0.15, 0.2) is 0 Å². The summed E-state index contributed by atoms with van der Waals surface area (Å²) in [6.45, 7) is 7.80. The highest BCUT2D eigenvalue weighted by Crippen LogP contribution is 2.26. The Bertz CT molecular complexity index is 123. The molecular weight excluding hydrogens is 152 g/mol. The average Bonchev–Trinajstić information content (AvgIpc) is 2.03. The molecule has 2 atom stereocenters. The van der Waals surface area contributed by atoms with E-state index < -0.39 is 11.7 Å². The predicted octanol–water partition coefficient (Wildman–Crippen LogP) is 1.94. The molecule has 74 valence electrons. The summed E-state index contributed by atoms with van der Waals surface area (Å²) in [6, 6.07) is 0. The molecule has 0 aliphatic carbocycles. The second-order valence-corrected chi connectivity index (χ2v) is 3.90. The molecule has 0 rings (SSSR count). The first-order valence-electron chi connectivity index (χ1n) is 4.88. The Morgan fingerprint density at radius 3 is 2.00 bits per heavy atom.